The zero-order valence-corrected chi connectivity index (χ0v) is 12.6. The smallest absolute Gasteiger partial charge is 0.270 e. The number of hydrogen-bond donors (Lipinski definition) is 1. The number of amides is 1. The first-order valence-electron chi connectivity index (χ1n) is 6.35. The molecule has 0 bridgehead atoms. The van der Waals surface area contributed by atoms with Crippen molar-refractivity contribution >= 4 is 27.5 Å². The van der Waals surface area contributed by atoms with Gasteiger partial charge in [-0.05, 0) is 41.8 Å². The van der Waals surface area contributed by atoms with E-state index in [0.717, 1.165) is 12.8 Å². The first kappa shape index (κ1) is 14.9. The second-order valence-corrected chi connectivity index (χ2v) is 5.59. The SMILES string of the molecule is CC(NC(=O)c1cc([N+](=O)[O-])ccc1Br)C1CCCO1. The first-order chi connectivity index (χ1) is 9.49. The molecule has 1 fully saturated rings. The van der Waals surface area contributed by atoms with Crippen LogP contribution in [0.25, 0.3) is 0 Å². The standard InChI is InChI=1S/C13H15BrN2O4/c1-8(12-3-2-6-20-12)15-13(17)10-7-9(16(18)19)4-5-11(10)14/h4-5,7-8,12H,2-3,6H2,1H3,(H,15,17). The van der Waals surface area contributed by atoms with E-state index in [2.05, 4.69) is 21.2 Å². The second-order valence-electron chi connectivity index (χ2n) is 4.73. The fourth-order valence-electron chi connectivity index (χ4n) is 2.18. The number of nitro benzene ring substituents is 1. The van der Waals surface area contributed by atoms with E-state index >= 15 is 0 Å². The van der Waals surface area contributed by atoms with Crippen molar-refractivity contribution in [3.63, 3.8) is 0 Å². The molecule has 1 N–H and O–H groups in total. The van der Waals surface area contributed by atoms with E-state index in [9.17, 15) is 14.9 Å². The third-order valence-electron chi connectivity index (χ3n) is 3.29. The van der Waals surface area contributed by atoms with Crippen LogP contribution in [0.1, 0.15) is 30.1 Å². The number of nitrogens with one attached hydrogen (secondary N) is 1. The topological polar surface area (TPSA) is 81.5 Å². The molecule has 7 heteroatoms. The molecule has 2 unspecified atom stereocenters. The van der Waals surface area contributed by atoms with Crippen molar-refractivity contribution in [2.75, 3.05) is 6.61 Å². The number of carbonyl (C=O) groups is 1. The summed E-state index contributed by atoms with van der Waals surface area (Å²) in [4.78, 5) is 22.4. The van der Waals surface area contributed by atoms with E-state index in [0.29, 0.717) is 11.1 Å². The average molecular weight is 343 g/mol. The summed E-state index contributed by atoms with van der Waals surface area (Å²) in [6, 6.07) is 3.99. The summed E-state index contributed by atoms with van der Waals surface area (Å²) in [7, 11) is 0. The highest BCUT2D eigenvalue weighted by atomic mass is 79.9. The van der Waals surface area contributed by atoms with E-state index in [1.807, 2.05) is 6.92 Å². The zero-order valence-electron chi connectivity index (χ0n) is 11.0. The number of nitro groups is 1. The molecular formula is C13H15BrN2O4. The van der Waals surface area contributed by atoms with Gasteiger partial charge in [-0.15, -0.1) is 0 Å². The van der Waals surface area contributed by atoms with Crippen molar-refractivity contribution in [3.05, 3.63) is 38.3 Å². The number of rotatable bonds is 4. The van der Waals surface area contributed by atoms with Crippen LogP contribution < -0.4 is 5.32 Å². The molecule has 1 heterocycles. The van der Waals surface area contributed by atoms with Gasteiger partial charge < -0.3 is 10.1 Å². The molecule has 1 amide bonds. The zero-order chi connectivity index (χ0) is 14.7. The summed E-state index contributed by atoms with van der Waals surface area (Å²) in [6.07, 6.45) is 1.92. The van der Waals surface area contributed by atoms with Gasteiger partial charge in [-0.2, -0.15) is 0 Å². The number of hydrogen-bond acceptors (Lipinski definition) is 4. The van der Waals surface area contributed by atoms with Crippen LogP contribution in [-0.4, -0.2) is 29.6 Å². The van der Waals surface area contributed by atoms with Crippen LogP contribution in [0.3, 0.4) is 0 Å². The van der Waals surface area contributed by atoms with Gasteiger partial charge in [0.15, 0.2) is 0 Å². The Morgan fingerprint density at radius 3 is 2.95 bits per heavy atom. The summed E-state index contributed by atoms with van der Waals surface area (Å²) in [5.74, 6) is -0.344. The third-order valence-corrected chi connectivity index (χ3v) is 3.98. The van der Waals surface area contributed by atoms with Crippen molar-refractivity contribution in [1.29, 1.82) is 0 Å². The molecule has 1 aromatic carbocycles. The molecule has 108 valence electrons. The van der Waals surface area contributed by atoms with Gasteiger partial charge in [0.1, 0.15) is 0 Å². The normalized spacial score (nSPS) is 19.6. The van der Waals surface area contributed by atoms with Gasteiger partial charge in [0.05, 0.1) is 22.6 Å². The lowest BCUT2D eigenvalue weighted by atomic mass is 10.1. The Bertz CT molecular complexity index is 529. The second kappa shape index (κ2) is 6.32. The van der Waals surface area contributed by atoms with Gasteiger partial charge in [-0.3, -0.25) is 14.9 Å². The minimum Gasteiger partial charge on any atom is -0.376 e. The first-order valence-corrected chi connectivity index (χ1v) is 7.14. The molecule has 2 atom stereocenters. The number of benzene rings is 1. The lowest BCUT2D eigenvalue weighted by Gasteiger charge is -2.20. The molecule has 1 saturated heterocycles. The van der Waals surface area contributed by atoms with Gasteiger partial charge in [-0.25, -0.2) is 0 Å². The molecule has 1 aliphatic rings. The lowest BCUT2D eigenvalue weighted by Crippen LogP contribution is -2.40. The summed E-state index contributed by atoms with van der Waals surface area (Å²) < 4.78 is 6.04. The lowest BCUT2D eigenvalue weighted by molar-refractivity contribution is -0.384. The molecule has 6 nitrogen and oxygen atoms in total. The highest BCUT2D eigenvalue weighted by molar-refractivity contribution is 9.10. The van der Waals surface area contributed by atoms with E-state index in [1.165, 1.54) is 18.2 Å². The van der Waals surface area contributed by atoms with Crippen molar-refractivity contribution in [1.82, 2.24) is 5.32 Å². The minimum atomic E-state index is -0.521. The van der Waals surface area contributed by atoms with Crippen LogP contribution in [0.2, 0.25) is 0 Å². The van der Waals surface area contributed by atoms with E-state index in [4.69, 9.17) is 4.74 Å². The summed E-state index contributed by atoms with van der Waals surface area (Å²) in [5.41, 5.74) is 0.146. The fourth-order valence-corrected chi connectivity index (χ4v) is 2.60. The third kappa shape index (κ3) is 3.34. The Hall–Kier alpha value is -1.47. The maximum absolute atomic E-state index is 12.2. The Morgan fingerprint density at radius 1 is 1.60 bits per heavy atom. The maximum atomic E-state index is 12.2. The molecule has 2 rings (SSSR count). The molecule has 0 spiro atoms. The van der Waals surface area contributed by atoms with E-state index in [1.54, 1.807) is 0 Å². The van der Waals surface area contributed by atoms with E-state index < -0.39 is 4.92 Å². The van der Waals surface area contributed by atoms with Crippen LogP contribution in [0.5, 0.6) is 0 Å². The predicted molar refractivity (Wildman–Crippen MR) is 76.7 cm³/mol. The highest BCUT2D eigenvalue weighted by Gasteiger charge is 2.25. The fraction of sp³-hybridized carbons (Fsp3) is 0.462. The Labute approximate surface area is 124 Å². The molecule has 20 heavy (non-hydrogen) atoms. The Morgan fingerprint density at radius 2 is 2.35 bits per heavy atom. The van der Waals surface area contributed by atoms with Crippen LogP contribution in [0.4, 0.5) is 5.69 Å². The number of ether oxygens (including phenoxy) is 1. The number of carbonyl (C=O) groups excluding carboxylic acids is 1. The van der Waals surface area contributed by atoms with Crippen LogP contribution in [-0.2, 0) is 4.74 Å². The Balaban J connectivity index is 2.11. The van der Waals surface area contributed by atoms with Crippen LogP contribution in [0, 0.1) is 10.1 Å². The summed E-state index contributed by atoms with van der Waals surface area (Å²) in [5, 5.41) is 13.6. The maximum Gasteiger partial charge on any atom is 0.270 e. The molecular weight excluding hydrogens is 328 g/mol. The monoisotopic (exact) mass is 342 g/mol. The van der Waals surface area contributed by atoms with Crippen molar-refractivity contribution in [2.24, 2.45) is 0 Å². The van der Waals surface area contributed by atoms with Gasteiger partial charge in [-0.1, -0.05) is 0 Å². The predicted octanol–water partition coefficient (Wildman–Crippen LogP) is 2.65. The largest absolute Gasteiger partial charge is 0.376 e. The Kier molecular flexibility index (Phi) is 4.72. The van der Waals surface area contributed by atoms with E-state index in [-0.39, 0.29) is 29.3 Å². The van der Waals surface area contributed by atoms with Crippen molar-refractivity contribution in [2.45, 2.75) is 31.9 Å². The van der Waals surface area contributed by atoms with Crippen LogP contribution >= 0.6 is 15.9 Å². The summed E-state index contributed by atoms with van der Waals surface area (Å²) in [6.45, 7) is 2.59. The van der Waals surface area contributed by atoms with Gasteiger partial charge in [0.2, 0.25) is 0 Å². The molecule has 0 radical (unpaired) electrons. The quantitative estimate of drug-likeness (QED) is 0.673. The average Bonchev–Trinajstić information content (AvgIpc) is 2.92. The highest BCUT2D eigenvalue weighted by Crippen LogP contribution is 2.23. The molecule has 1 aromatic rings. The number of halogens is 1. The van der Waals surface area contributed by atoms with Crippen molar-refractivity contribution < 1.29 is 14.5 Å². The summed E-state index contributed by atoms with van der Waals surface area (Å²) >= 11 is 3.24. The van der Waals surface area contributed by atoms with Gasteiger partial charge in [0, 0.05) is 23.2 Å². The number of nitrogens with zero attached hydrogens (tertiary/aromatic N) is 1. The van der Waals surface area contributed by atoms with Crippen molar-refractivity contribution in [3.8, 4) is 0 Å². The van der Waals surface area contributed by atoms with Crippen LogP contribution in [0.15, 0.2) is 22.7 Å². The molecule has 0 aromatic heterocycles. The number of non-ortho nitro benzene ring substituents is 1. The van der Waals surface area contributed by atoms with Gasteiger partial charge in [0.25, 0.3) is 11.6 Å². The minimum absolute atomic E-state index is 0.0106. The molecule has 0 saturated carbocycles. The van der Waals surface area contributed by atoms with Gasteiger partial charge >= 0.3 is 0 Å². The molecule has 0 aliphatic carbocycles. The molecule has 1 aliphatic heterocycles.